The highest BCUT2D eigenvalue weighted by molar-refractivity contribution is 5.95. The number of aromatic nitrogens is 1. The lowest BCUT2D eigenvalue weighted by molar-refractivity contribution is -0.386. The van der Waals surface area contributed by atoms with Gasteiger partial charge in [-0.2, -0.15) is 5.26 Å². The number of hydrogen-bond acceptors (Lipinski definition) is 7. The molecule has 0 saturated carbocycles. The van der Waals surface area contributed by atoms with Crippen molar-refractivity contribution < 1.29 is 15.1 Å². The van der Waals surface area contributed by atoms with Crippen LogP contribution in [0.25, 0.3) is 11.3 Å². The summed E-state index contributed by atoms with van der Waals surface area (Å²) in [6.07, 6.45) is 1.47. The average molecular weight is 298 g/mol. The minimum absolute atomic E-state index is 0.0000113. The Morgan fingerprint density at radius 3 is 2.64 bits per heavy atom. The predicted octanol–water partition coefficient (Wildman–Crippen LogP) is 1.75. The Bertz CT molecular complexity index is 810. The Labute approximate surface area is 124 Å². The van der Waals surface area contributed by atoms with E-state index in [1.54, 1.807) is 18.2 Å². The molecule has 0 unspecified atom stereocenters. The van der Waals surface area contributed by atoms with Gasteiger partial charge in [0.15, 0.2) is 5.75 Å². The Morgan fingerprint density at radius 1 is 1.36 bits per heavy atom. The van der Waals surface area contributed by atoms with Crippen molar-refractivity contribution in [2.75, 3.05) is 0 Å². The number of hydrogen-bond donors (Lipinski definition) is 3. The summed E-state index contributed by atoms with van der Waals surface area (Å²) in [6.45, 7) is 0. The van der Waals surface area contributed by atoms with E-state index in [-0.39, 0.29) is 22.5 Å². The molecular formula is C14H10N4O4. The molecule has 8 nitrogen and oxygen atoms in total. The van der Waals surface area contributed by atoms with Gasteiger partial charge in [0.1, 0.15) is 11.6 Å². The number of benzene rings is 1. The fourth-order valence-electron chi connectivity index (χ4n) is 1.81. The first kappa shape index (κ1) is 14.8. The molecule has 0 aliphatic heterocycles. The number of phenolic OH excluding ortho intramolecular Hbond substituents is 2. The third-order valence-electron chi connectivity index (χ3n) is 2.88. The van der Waals surface area contributed by atoms with Crippen LogP contribution in [-0.2, 0) is 0 Å². The summed E-state index contributed by atoms with van der Waals surface area (Å²) in [5.74, 6) is -1.57. The molecule has 1 heterocycles. The van der Waals surface area contributed by atoms with Crippen molar-refractivity contribution >= 4 is 17.0 Å². The lowest BCUT2D eigenvalue weighted by Gasteiger charge is -2.07. The number of nitro groups is 1. The van der Waals surface area contributed by atoms with Crippen LogP contribution in [0.1, 0.15) is 11.3 Å². The van der Waals surface area contributed by atoms with Crippen LogP contribution in [0.15, 0.2) is 36.5 Å². The maximum atomic E-state index is 10.9. The van der Waals surface area contributed by atoms with Crippen molar-refractivity contribution in [2.24, 2.45) is 5.73 Å². The fraction of sp³-hybridized carbons (Fsp3) is 0. The number of nitriles is 1. The van der Waals surface area contributed by atoms with E-state index in [0.717, 1.165) is 12.1 Å². The second-order valence-corrected chi connectivity index (χ2v) is 4.24. The fourth-order valence-corrected chi connectivity index (χ4v) is 1.81. The minimum atomic E-state index is -0.863. The van der Waals surface area contributed by atoms with Gasteiger partial charge in [0, 0.05) is 17.8 Å². The molecule has 0 bridgehead atoms. The van der Waals surface area contributed by atoms with Gasteiger partial charge < -0.3 is 15.9 Å². The van der Waals surface area contributed by atoms with E-state index >= 15 is 0 Å². The largest absolute Gasteiger partial charge is 0.504 e. The van der Waals surface area contributed by atoms with Crippen molar-refractivity contribution in [1.29, 1.82) is 5.26 Å². The van der Waals surface area contributed by atoms with E-state index in [2.05, 4.69) is 4.98 Å². The average Bonchev–Trinajstić information content (AvgIpc) is 2.51. The molecule has 110 valence electrons. The number of nitrogens with two attached hydrogens (primary N) is 1. The number of phenols is 2. The molecule has 8 heteroatoms. The maximum absolute atomic E-state index is 10.9. The van der Waals surface area contributed by atoms with Gasteiger partial charge in [-0.15, -0.1) is 0 Å². The van der Waals surface area contributed by atoms with Crippen LogP contribution in [0, 0.1) is 21.4 Å². The standard InChI is InChI=1S/C14H10N4O4/c15-7-9(10-3-1-2-4-17-10)13(16)8-5-11(18(21)22)14(20)12(19)6-8/h1-6,19-20H,16H2/b13-9-. The molecule has 0 saturated heterocycles. The summed E-state index contributed by atoms with van der Waals surface area (Å²) < 4.78 is 0. The number of nitrogens with zero attached hydrogens (tertiary/aromatic N) is 3. The van der Waals surface area contributed by atoms with Crippen LogP contribution in [0.4, 0.5) is 5.69 Å². The molecule has 0 spiro atoms. The number of allylic oxidation sites excluding steroid dienone is 1. The zero-order valence-electron chi connectivity index (χ0n) is 11.1. The molecule has 4 N–H and O–H groups in total. The Kier molecular flexibility index (Phi) is 3.90. The van der Waals surface area contributed by atoms with E-state index in [0.29, 0.717) is 0 Å². The van der Waals surface area contributed by atoms with E-state index in [1.165, 1.54) is 6.20 Å². The summed E-state index contributed by atoms with van der Waals surface area (Å²) in [6, 6.07) is 8.76. The predicted molar refractivity (Wildman–Crippen MR) is 77.3 cm³/mol. The van der Waals surface area contributed by atoms with Gasteiger partial charge in [-0.05, 0) is 18.2 Å². The second kappa shape index (κ2) is 5.80. The van der Waals surface area contributed by atoms with Gasteiger partial charge in [0.05, 0.1) is 16.3 Å². The SMILES string of the molecule is N#C/C(=C(/N)c1cc(O)c(O)c([N+](=O)[O-])c1)c1ccccn1. The normalized spacial score (nSPS) is 11.4. The summed E-state index contributed by atoms with van der Waals surface area (Å²) in [5, 5.41) is 39.1. The number of nitro benzene ring substituents is 1. The molecule has 0 aliphatic carbocycles. The first-order valence-corrected chi connectivity index (χ1v) is 5.97. The third-order valence-corrected chi connectivity index (χ3v) is 2.88. The van der Waals surface area contributed by atoms with Gasteiger partial charge in [0.2, 0.25) is 5.75 Å². The first-order chi connectivity index (χ1) is 10.5. The first-order valence-electron chi connectivity index (χ1n) is 5.97. The Morgan fingerprint density at radius 2 is 2.09 bits per heavy atom. The molecule has 1 aromatic heterocycles. The smallest absolute Gasteiger partial charge is 0.315 e. The number of pyridine rings is 1. The van der Waals surface area contributed by atoms with Crippen molar-refractivity contribution in [1.82, 2.24) is 4.98 Å². The molecule has 0 aliphatic rings. The van der Waals surface area contributed by atoms with Crippen LogP contribution in [-0.4, -0.2) is 20.1 Å². The molecule has 0 amide bonds. The number of rotatable bonds is 3. The Balaban J connectivity index is 2.67. The minimum Gasteiger partial charge on any atom is -0.504 e. The molecule has 0 fully saturated rings. The topological polar surface area (TPSA) is 146 Å². The van der Waals surface area contributed by atoms with Crippen LogP contribution in [0.5, 0.6) is 11.5 Å². The highest BCUT2D eigenvalue weighted by Gasteiger charge is 2.21. The van der Waals surface area contributed by atoms with Crippen molar-refractivity contribution in [2.45, 2.75) is 0 Å². The summed E-state index contributed by atoms with van der Waals surface area (Å²) in [7, 11) is 0. The van der Waals surface area contributed by atoms with E-state index in [9.17, 15) is 25.6 Å². The van der Waals surface area contributed by atoms with Gasteiger partial charge in [-0.3, -0.25) is 15.1 Å². The third kappa shape index (κ3) is 2.64. The molecule has 0 radical (unpaired) electrons. The van der Waals surface area contributed by atoms with Gasteiger partial charge >= 0.3 is 5.69 Å². The van der Waals surface area contributed by atoms with Crippen molar-refractivity contribution in [3.8, 4) is 17.6 Å². The van der Waals surface area contributed by atoms with Crippen LogP contribution >= 0.6 is 0 Å². The monoisotopic (exact) mass is 298 g/mol. The quantitative estimate of drug-likeness (QED) is 0.338. The number of aromatic hydroxyl groups is 2. The van der Waals surface area contributed by atoms with Crippen molar-refractivity contribution in [3.63, 3.8) is 0 Å². The van der Waals surface area contributed by atoms with Crippen LogP contribution < -0.4 is 5.73 Å². The summed E-state index contributed by atoms with van der Waals surface area (Å²) in [5.41, 5.74) is 5.38. The summed E-state index contributed by atoms with van der Waals surface area (Å²) in [4.78, 5) is 14.0. The molecule has 0 atom stereocenters. The molecular weight excluding hydrogens is 288 g/mol. The lowest BCUT2D eigenvalue weighted by atomic mass is 10.0. The van der Waals surface area contributed by atoms with Crippen LogP contribution in [0.3, 0.4) is 0 Å². The highest BCUT2D eigenvalue weighted by atomic mass is 16.6. The zero-order chi connectivity index (χ0) is 16.3. The van der Waals surface area contributed by atoms with Crippen LogP contribution in [0.2, 0.25) is 0 Å². The maximum Gasteiger partial charge on any atom is 0.315 e. The van der Waals surface area contributed by atoms with E-state index in [1.807, 2.05) is 6.07 Å². The molecule has 2 rings (SSSR count). The van der Waals surface area contributed by atoms with E-state index in [4.69, 9.17) is 5.73 Å². The molecule has 1 aromatic carbocycles. The van der Waals surface area contributed by atoms with Crippen molar-refractivity contribution in [3.05, 3.63) is 57.9 Å². The summed E-state index contributed by atoms with van der Waals surface area (Å²) >= 11 is 0. The highest BCUT2D eigenvalue weighted by Crippen LogP contribution is 2.38. The second-order valence-electron chi connectivity index (χ2n) is 4.24. The van der Waals surface area contributed by atoms with Gasteiger partial charge in [-0.1, -0.05) is 6.07 Å². The molecule has 22 heavy (non-hydrogen) atoms. The Hall–Kier alpha value is -3.60. The lowest BCUT2D eigenvalue weighted by Crippen LogP contribution is -2.03. The van der Waals surface area contributed by atoms with Gasteiger partial charge in [-0.25, -0.2) is 0 Å². The van der Waals surface area contributed by atoms with Gasteiger partial charge in [0.25, 0.3) is 0 Å². The molecule has 2 aromatic rings. The van der Waals surface area contributed by atoms with E-state index < -0.39 is 22.1 Å². The zero-order valence-corrected chi connectivity index (χ0v) is 11.1.